The zero-order valence-electron chi connectivity index (χ0n) is 12.8. The molecule has 0 aromatic heterocycles. The first kappa shape index (κ1) is 15.4. The molecule has 2 aromatic rings. The molecule has 3 rings (SSSR count). The molecule has 0 aliphatic carbocycles. The largest absolute Gasteiger partial charge is 0.493 e. The summed E-state index contributed by atoms with van der Waals surface area (Å²) in [5.41, 5.74) is 3.96. The average molecular weight is 360 g/mol. The minimum Gasteiger partial charge on any atom is -0.493 e. The van der Waals surface area contributed by atoms with Gasteiger partial charge in [-0.15, -0.1) is 0 Å². The van der Waals surface area contributed by atoms with E-state index >= 15 is 0 Å². The van der Waals surface area contributed by atoms with Crippen LogP contribution in [0.2, 0.25) is 0 Å². The van der Waals surface area contributed by atoms with Gasteiger partial charge in [-0.2, -0.15) is 0 Å². The first-order chi connectivity index (χ1) is 10.8. The second kappa shape index (κ2) is 7.68. The van der Waals surface area contributed by atoms with E-state index < -0.39 is 0 Å². The summed E-state index contributed by atoms with van der Waals surface area (Å²) in [5, 5.41) is 0.886. The van der Waals surface area contributed by atoms with Crippen LogP contribution < -0.4 is 9.64 Å². The normalized spacial score (nSPS) is 14.3. The van der Waals surface area contributed by atoms with Gasteiger partial charge in [-0.3, -0.25) is 0 Å². The topological polar surface area (TPSA) is 12.5 Å². The lowest BCUT2D eigenvalue weighted by atomic mass is 10.1. The van der Waals surface area contributed by atoms with Crippen LogP contribution in [0.4, 0.5) is 5.69 Å². The molecule has 1 heterocycles. The van der Waals surface area contributed by atoms with Gasteiger partial charge in [-0.25, -0.2) is 0 Å². The minimum absolute atomic E-state index is 0.719. The van der Waals surface area contributed by atoms with Crippen LogP contribution in [0.1, 0.15) is 24.0 Å². The van der Waals surface area contributed by atoms with Crippen molar-refractivity contribution in [3.8, 4) is 5.75 Å². The predicted molar refractivity (Wildman–Crippen MR) is 96.2 cm³/mol. The fraction of sp³-hybridized carbons (Fsp3) is 0.368. The third-order valence-corrected chi connectivity index (χ3v) is 4.79. The van der Waals surface area contributed by atoms with Crippen LogP contribution in [0.5, 0.6) is 5.75 Å². The number of halogens is 1. The quantitative estimate of drug-likeness (QED) is 0.686. The second-order valence-electron chi connectivity index (χ2n) is 5.74. The minimum atomic E-state index is 0.719. The van der Waals surface area contributed by atoms with Crippen molar-refractivity contribution in [3.05, 3.63) is 59.7 Å². The summed E-state index contributed by atoms with van der Waals surface area (Å²) in [6.07, 6.45) is 3.59. The summed E-state index contributed by atoms with van der Waals surface area (Å²) < 4.78 is 5.81. The van der Waals surface area contributed by atoms with E-state index in [9.17, 15) is 0 Å². The summed E-state index contributed by atoms with van der Waals surface area (Å²) in [6, 6.07) is 17.2. The highest BCUT2D eigenvalue weighted by Gasteiger charge is 2.11. The van der Waals surface area contributed by atoms with Gasteiger partial charge in [0.15, 0.2) is 0 Å². The number of alkyl halides is 1. The molecule has 1 aliphatic rings. The zero-order valence-corrected chi connectivity index (χ0v) is 14.4. The van der Waals surface area contributed by atoms with Crippen LogP contribution in [0, 0.1) is 0 Å². The number of ether oxygens (including phenoxy) is 1. The number of anilines is 1. The van der Waals surface area contributed by atoms with Gasteiger partial charge in [0, 0.05) is 30.5 Å². The fourth-order valence-electron chi connectivity index (χ4n) is 2.81. The average Bonchev–Trinajstić information content (AvgIpc) is 3.11. The Kier molecular flexibility index (Phi) is 5.38. The molecule has 0 N–H and O–H groups in total. The molecule has 0 unspecified atom stereocenters. The maximum Gasteiger partial charge on any atom is 0.119 e. The first-order valence-corrected chi connectivity index (χ1v) is 9.09. The van der Waals surface area contributed by atoms with Gasteiger partial charge in [-0.1, -0.05) is 40.2 Å². The van der Waals surface area contributed by atoms with Crippen LogP contribution in [0.15, 0.2) is 48.5 Å². The van der Waals surface area contributed by atoms with Crippen LogP contribution in [-0.2, 0) is 11.8 Å². The summed E-state index contributed by atoms with van der Waals surface area (Å²) >= 11 is 3.45. The smallest absolute Gasteiger partial charge is 0.119 e. The summed E-state index contributed by atoms with van der Waals surface area (Å²) in [6.45, 7) is 3.12. The van der Waals surface area contributed by atoms with Gasteiger partial charge in [0.05, 0.1) is 6.61 Å². The number of hydrogen-bond donors (Lipinski definition) is 0. The standard InChI is InChI=1S/C19H22BrNO/c20-15-17-5-9-19(10-6-17)22-14-11-16-3-7-18(8-4-16)21-12-1-2-13-21/h3-10H,1-2,11-15H2. The number of benzene rings is 2. The fourth-order valence-corrected chi connectivity index (χ4v) is 3.18. The molecule has 0 saturated carbocycles. The van der Waals surface area contributed by atoms with Crippen LogP contribution in [0.3, 0.4) is 0 Å². The maximum atomic E-state index is 5.81. The molecule has 0 spiro atoms. The van der Waals surface area contributed by atoms with Crippen LogP contribution >= 0.6 is 15.9 Å². The lowest BCUT2D eigenvalue weighted by molar-refractivity contribution is 0.322. The Balaban J connectivity index is 1.48. The molecular weight excluding hydrogens is 338 g/mol. The van der Waals surface area contributed by atoms with Crippen molar-refractivity contribution in [1.29, 1.82) is 0 Å². The molecule has 0 radical (unpaired) electrons. The van der Waals surface area contributed by atoms with E-state index in [0.717, 1.165) is 24.1 Å². The van der Waals surface area contributed by atoms with Gasteiger partial charge in [0.25, 0.3) is 0 Å². The SMILES string of the molecule is BrCc1ccc(OCCc2ccc(N3CCCC3)cc2)cc1. The molecular formula is C19H22BrNO. The van der Waals surface area contributed by atoms with Crippen molar-refractivity contribution < 1.29 is 4.74 Å². The van der Waals surface area contributed by atoms with Crippen molar-refractivity contribution in [2.45, 2.75) is 24.6 Å². The Hall–Kier alpha value is -1.48. The lowest BCUT2D eigenvalue weighted by Gasteiger charge is -2.17. The van der Waals surface area contributed by atoms with E-state index in [-0.39, 0.29) is 0 Å². The molecule has 2 nitrogen and oxygen atoms in total. The highest BCUT2D eigenvalue weighted by atomic mass is 79.9. The second-order valence-corrected chi connectivity index (χ2v) is 6.30. The van der Waals surface area contributed by atoms with E-state index in [0.29, 0.717) is 0 Å². The maximum absolute atomic E-state index is 5.81. The zero-order chi connectivity index (χ0) is 15.2. The monoisotopic (exact) mass is 359 g/mol. The number of nitrogens with zero attached hydrogens (tertiary/aromatic N) is 1. The molecule has 1 fully saturated rings. The van der Waals surface area contributed by atoms with Crippen molar-refractivity contribution in [2.75, 3.05) is 24.6 Å². The Morgan fingerprint density at radius 2 is 1.50 bits per heavy atom. The third kappa shape index (κ3) is 4.04. The molecule has 0 atom stereocenters. The Bertz CT molecular complexity index is 573. The van der Waals surface area contributed by atoms with E-state index in [4.69, 9.17) is 4.74 Å². The summed E-state index contributed by atoms with van der Waals surface area (Å²) in [7, 11) is 0. The Morgan fingerprint density at radius 1 is 0.864 bits per heavy atom. The highest BCUT2D eigenvalue weighted by Crippen LogP contribution is 2.21. The molecule has 116 valence electrons. The predicted octanol–water partition coefficient (Wildman–Crippen LogP) is 4.80. The molecule has 1 saturated heterocycles. The number of rotatable bonds is 6. The molecule has 1 aliphatic heterocycles. The molecule has 0 amide bonds. The van der Waals surface area contributed by atoms with E-state index in [1.165, 1.54) is 42.7 Å². The van der Waals surface area contributed by atoms with Gasteiger partial charge in [0.1, 0.15) is 5.75 Å². The van der Waals surface area contributed by atoms with Crippen LogP contribution in [-0.4, -0.2) is 19.7 Å². The molecule has 0 bridgehead atoms. The van der Waals surface area contributed by atoms with E-state index in [2.05, 4.69) is 57.2 Å². The molecule has 22 heavy (non-hydrogen) atoms. The third-order valence-electron chi connectivity index (χ3n) is 4.14. The van der Waals surface area contributed by atoms with Gasteiger partial charge < -0.3 is 9.64 Å². The van der Waals surface area contributed by atoms with E-state index in [1.54, 1.807) is 0 Å². The Labute approximate surface area is 141 Å². The van der Waals surface area contributed by atoms with Gasteiger partial charge in [-0.05, 0) is 48.2 Å². The van der Waals surface area contributed by atoms with Crippen molar-refractivity contribution in [3.63, 3.8) is 0 Å². The van der Waals surface area contributed by atoms with Crippen LogP contribution in [0.25, 0.3) is 0 Å². The Morgan fingerprint density at radius 3 is 2.14 bits per heavy atom. The highest BCUT2D eigenvalue weighted by molar-refractivity contribution is 9.08. The number of hydrogen-bond acceptors (Lipinski definition) is 2. The van der Waals surface area contributed by atoms with Crippen molar-refractivity contribution in [1.82, 2.24) is 0 Å². The first-order valence-electron chi connectivity index (χ1n) is 7.97. The van der Waals surface area contributed by atoms with Crippen molar-refractivity contribution >= 4 is 21.6 Å². The molecule has 3 heteroatoms. The molecule has 2 aromatic carbocycles. The van der Waals surface area contributed by atoms with E-state index in [1.807, 2.05) is 12.1 Å². The van der Waals surface area contributed by atoms with Crippen molar-refractivity contribution in [2.24, 2.45) is 0 Å². The van der Waals surface area contributed by atoms with Gasteiger partial charge >= 0.3 is 0 Å². The van der Waals surface area contributed by atoms with Gasteiger partial charge in [0.2, 0.25) is 0 Å². The lowest BCUT2D eigenvalue weighted by Crippen LogP contribution is -2.17. The summed E-state index contributed by atoms with van der Waals surface area (Å²) in [4.78, 5) is 2.46. The summed E-state index contributed by atoms with van der Waals surface area (Å²) in [5.74, 6) is 0.943.